The maximum Gasteiger partial charge on any atom is 0.0471 e. The molecule has 1 saturated heterocycles. The summed E-state index contributed by atoms with van der Waals surface area (Å²) in [6, 6.07) is 0.844. The fraction of sp³-hybridized carbons (Fsp3) is 1.00. The Morgan fingerprint density at radius 2 is 2.00 bits per heavy atom. The van der Waals surface area contributed by atoms with E-state index in [9.17, 15) is 0 Å². The Bertz CT molecular complexity index is 207. The van der Waals surface area contributed by atoms with Crippen molar-refractivity contribution in [3.05, 3.63) is 0 Å². The van der Waals surface area contributed by atoms with E-state index in [2.05, 4.69) is 19.2 Å². The van der Waals surface area contributed by atoms with Gasteiger partial charge in [-0.05, 0) is 43.4 Å². The van der Waals surface area contributed by atoms with Gasteiger partial charge in [0.1, 0.15) is 0 Å². The van der Waals surface area contributed by atoms with Gasteiger partial charge >= 0.3 is 0 Å². The summed E-state index contributed by atoms with van der Waals surface area (Å²) in [5, 5.41) is 3.74. The van der Waals surface area contributed by atoms with Crippen LogP contribution >= 0.6 is 0 Å². The first-order valence-electron chi connectivity index (χ1n) is 7.05. The molecule has 2 fully saturated rings. The minimum absolute atomic E-state index is 0.538. The van der Waals surface area contributed by atoms with Crippen LogP contribution in [0.25, 0.3) is 0 Å². The molecule has 1 heterocycles. The van der Waals surface area contributed by atoms with E-state index < -0.39 is 0 Å². The van der Waals surface area contributed by atoms with E-state index in [0.717, 1.165) is 25.2 Å². The van der Waals surface area contributed by atoms with Gasteiger partial charge in [-0.15, -0.1) is 0 Å². The van der Waals surface area contributed by atoms with Crippen LogP contribution in [0.3, 0.4) is 0 Å². The van der Waals surface area contributed by atoms with Gasteiger partial charge < -0.3 is 10.1 Å². The second-order valence-corrected chi connectivity index (χ2v) is 5.99. The van der Waals surface area contributed by atoms with Crippen LogP contribution in [0.15, 0.2) is 0 Å². The van der Waals surface area contributed by atoms with Gasteiger partial charge in [-0.2, -0.15) is 0 Å². The topological polar surface area (TPSA) is 21.3 Å². The summed E-state index contributed by atoms with van der Waals surface area (Å²) in [6.07, 6.45) is 8.01. The lowest BCUT2D eigenvalue weighted by atomic mass is 9.73. The Kier molecular flexibility index (Phi) is 4.26. The normalized spacial score (nSPS) is 26.6. The molecule has 1 aliphatic carbocycles. The molecule has 1 N–H and O–H groups in total. The maximum atomic E-state index is 5.53. The summed E-state index contributed by atoms with van der Waals surface area (Å²) in [6.45, 7) is 7.89. The highest BCUT2D eigenvalue weighted by Gasteiger charge is 2.35. The first-order chi connectivity index (χ1) is 7.74. The first-order valence-corrected chi connectivity index (χ1v) is 7.05. The van der Waals surface area contributed by atoms with E-state index in [1.165, 1.54) is 45.1 Å². The van der Waals surface area contributed by atoms with Crippen LogP contribution in [0.1, 0.15) is 52.4 Å². The Morgan fingerprint density at radius 3 is 2.56 bits per heavy atom. The Hall–Kier alpha value is -0.0800. The lowest BCUT2D eigenvalue weighted by Crippen LogP contribution is -2.41. The second kappa shape index (κ2) is 5.50. The zero-order chi connectivity index (χ0) is 11.4. The van der Waals surface area contributed by atoms with Crippen LogP contribution in [0.4, 0.5) is 0 Å². The largest absolute Gasteiger partial charge is 0.381 e. The number of hydrogen-bond donors (Lipinski definition) is 1. The van der Waals surface area contributed by atoms with Gasteiger partial charge in [-0.25, -0.2) is 0 Å². The average Bonchev–Trinajstić information content (AvgIpc) is 3.11. The Morgan fingerprint density at radius 1 is 1.31 bits per heavy atom. The van der Waals surface area contributed by atoms with Crippen LogP contribution in [-0.2, 0) is 4.74 Å². The highest BCUT2D eigenvalue weighted by atomic mass is 16.5. The van der Waals surface area contributed by atoms with Crippen LogP contribution in [-0.4, -0.2) is 25.8 Å². The van der Waals surface area contributed by atoms with Crippen molar-refractivity contribution in [1.29, 1.82) is 0 Å². The highest BCUT2D eigenvalue weighted by molar-refractivity contribution is 4.89. The third kappa shape index (κ3) is 3.46. The van der Waals surface area contributed by atoms with Gasteiger partial charge in [0.15, 0.2) is 0 Å². The molecule has 0 aromatic heterocycles. The predicted molar refractivity (Wildman–Crippen MR) is 67.6 cm³/mol. The van der Waals surface area contributed by atoms with E-state index in [1.54, 1.807) is 0 Å². The fourth-order valence-corrected chi connectivity index (χ4v) is 2.79. The van der Waals surface area contributed by atoms with E-state index in [4.69, 9.17) is 4.74 Å². The van der Waals surface area contributed by atoms with E-state index in [0.29, 0.717) is 5.41 Å². The molecule has 0 aromatic rings. The van der Waals surface area contributed by atoms with Gasteiger partial charge in [-0.1, -0.05) is 20.3 Å². The summed E-state index contributed by atoms with van der Waals surface area (Å²) < 4.78 is 5.53. The number of rotatable bonds is 6. The monoisotopic (exact) mass is 225 g/mol. The molecular formula is C14H27NO. The minimum atomic E-state index is 0.538. The predicted octanol–water partition coefficient (Wildman–Crippen LogP) is 2.97. The van der Waals surface area contributed by atoms with Crippen LogP contribution in [0.2, 0.25) is 0 Å². The van der Waals surface area contributed by atoms with Crippen LogP contribution in [0, 0.1) is 11.3 Å². The zero-order valence-corrected chi connectivity index (χ0v) is 10.9. The number of nitrogens with one attached hydrogen (secondary N) is 1. The van der Waals surface area contributed by atoms with Gasteiger partial charge in [0.25, 0.3) is 0 Å². The quantitative estimate of drug-likeness (QED) is 0.750. The van der Waals surface area contributed by atoms with Crippen molar-refractivity contribution < 1.29 is 4.74 Å². The molecule has 2 heteroatoms. The average molecular weight is 225 g/mol. The summed E-state index contributed by atoms with van der Waals surface area (Å²) in [5.74, 6) is 0.860. The summed E-state index contributed by atoms with van der Waals surface area (Å²) in [4.78, 5) is 0. The van der Waals surface area contributed by atoms with Gasteiger partial charge in [-0.3, -0.25) is 0 Å². The molecule has 0 radical (unpaired) electrons. The molecule has 94 valence electrons. The van der Waals surface area contributed by atoms with E-state index in [-0.39, 0.29) is 0 Å². The molecule has 1 aliphatic heterocycles. The summed E-state index contributed by atoms with van der Waals surface area (Å²) in [5.41, 5.74) is 0.538. The molecule has 2 nitrogen and oxygen atoms in total. The van der Waals surface area contributed by atoms with Crippen molar-refractivity contribution in [1.82, 2.24) is 5.32 Å². The van der Waals surface area contributed by atoms with Crippen molar-refractivity contribution in [2.75, 3.05) is 19.8 Å². The summed E-state index contributed by atoms with van der Waals surface area (Å²) >= 11 is 0. The zero-order valence-electron chi connectivity index (χ0n) is 10.9. The first kappa shape index (κ1) is 12.4. The van der Waals surface area contributed by atoms with Gasteiger partial charge in [0.05, 0.1) is 0 Å². The molecule has 0 amide bonds. The molecular weight excluding hydrogens is 198 g/mol. The van der Waals surface area contributed by atoms with Crippen molar-refractivity contribution in [2.45, 2.75) is 58.4 Å². The molecule has 16 heavy (non-hydrogen) atoms. The maximum absolute atomic E-state index is 5.53. The molecule has 1 saturated carbocycles. The van der Waals surface area contributed by atoms with E-state index in [1.807, 2.05) is 0 Å². The lowest BCUT2D eigenvalue weighted by Gasteiger charge is -2.39. The summed E-state index contributed by atoms with van der Waals surface area (Å²) in [7, 11) is 0. The van der Waals surface area contributed by atoms with Crippen molar-refractivity contribution in [3.8, 4) is 0 Å². The third-order valence-electron chi connectivity index (χ3n) is 4.37. The SMILES string of the molecule is CCC(C)CC1(CNC2CC2)CCOCC1. The van der Waals surface area contributed by atoms with Gasteiger partial charge in [0.2, 0.25) is 0 Å². The van der Waals surface area contributed by atoms with Crippen molar-refractivity contribution in [3.63, 3.8) is 0 Å². The van der Waals surface area contributed by atoms with Crippen LogP contribution in [0.5, 0.6) is 0 Å². The number of ether oxygens (including phenoxy) is 1. The molecule has 0 bridgehead atoms. The molecule has 1 atom stereocenters. The number of hydrogen-bond acceptors (Lipinski definition) is 2. The van der Waals surface area contributed by atoms with Crippen LogP contribution < -0.4 is 5.32 Å². The molecule has 0 aromatic carbocycles. The minimum Gasteiger partial charge on any atom is -0.381 e. The third-order valence-corrected chi connectivity index (χ3v) is 4.37. The molecule has 1 unspecified atom stereocenters. The standard InChI is InChI=1S/C14H27NO/c1-3-12(2)10-14(6-8-16-9-7-14)11-15-13-4-5-13/h12-13,15H,3-11H2,1-2H3. The highest BCUT2D eigenvalue weighted by Crippen LogP contribution is 2.38. The molecule has 2 rings (SSSR count). The van der Waals surface area contributed by atoms with Gasteiger partial charge in [0, 0.05) is 25.8 Å². The van der Waals surface area contributed by atoms with E-state index >= 15 is 0 Å². The smallest absolute Gasteiger partial charge is 0.0471 e. The Balaban J connectivity index is 1.86. The molecule has 0 spiro atoms. The molecule has 2 aliphatic rings. The lowest BCUT2D eigenvalue weighted by molar-refractivity contribution is 0.00280. The van der Waals surface area contributed by atoms with Crippen molar-refractivity contribution in [2.24, 2.45) is 11.3 Å². The second-order valence-electron chi connectivity index (χ2n) is 5.99. The van der Waals surface area contributed by atoms with Crippen molar-refractivity contribution >= 4 is 0 Å². The fourth-order valence-electron chi connectivity index (χ4n) is 2.79. The Labute approximate surface area is 100 Å².